The average molecular weight is 296 g/mol. The van der Waals surface area contributed by atoms with E-state index in [2.05, 4.69) is 26.1 Å². The van der Waals surface area contributed by atoms with Crippen LogP contribution in [-0.2, 0) is 4.74 Å². The van der Waals surface area contributed by atoms with Gasteiger partial charge in [-0.1, -0.05) is 46.5 Å². The van der Waals surface area contributed by atoms with Gasteiger partial charge in [-0.25, -0.2) is 0 Å². The molecule has 2 aliphatic rings. The predicted octanol–water partition coefficient (Wildman–Crippen LogP) is 4.63. The van der Waals surface area contributed by atoms with Crippen molar-refractivity contribution in [1.29, 1.82) is 0 Å². The predicted molar refractivity (Wildman–Crippen MR) is 90.5 cm³/mol. The fourth-order valence-corrected chi connectivity index (χ4v) is 4.29. The van der Waals surface area contributed by atoms with E-state index >= 15 is 0 Å². The lowest BCUT2D eigenvalue weighted by Crippen LogP contribution is -2.36. The summed E-state index contributed by atoms with van der Waals surface area (Å²) in [5.41, 5.74) is 0. The van der Waals surface area contributed by atoms with Gasteiger partial charge in [0.05, 0.1) is 12.7 Å². The van der Waals surface area contributed by atoms with Crippen LogP contribution in [0.4, 0.5) is 0 Å². The van der Waals surface area contributed by atoms with Crippen LogP contribution in [0.25, 0.3) is 0 Å². The van der Waals surface area contributed by atoms with Crippen LogP contribution < -0.4 is 5.32 Å². The van der Waals surface area contributed by atoms with Crippen molar-refractivity contribution in [2.24, 2.45) is 23.7 Å². The van der Waals surface area contributed by atoms with Crippen molar-refractivity contribution >= 4 is 0 Å². The van der Waals surface area contributed by atoms with Gasteiger partial charge in [-0.3, -0.25) is 0 Å². The Morgan fingerprint density at radius 1 is 1.05 bits per heavy atom. The van der Waals surface area contributed by atoms with Crippen molar-refractivity contribution in [2.75, 3.05) is 19.7 Å². The zero-order valence-electron chi connectivity index (χ0n) is 14.6. The van der Waals surface area contributed by atoms with Crippen molar-refractivity contribution in [3.63, 3.8) is 0 Å². The topological polar surface area (TPSA) is 21.3 Å². The van der Waals surface area contributed by atoms with Crippen molar-refractivity contribution in [3.8, 4) is 0 Å². The second kappa shape index (κ2) is 9.15. The molecule has 2 rings (SSSR count). The highest BCUT2D eigenvalue weighted by Gasteiger charge is 2.31. The molecule has 21 heavy (non-hydrogen) atoms. The Labute approximate surface area is 132 Å². The molecule has 0 bridgehead atoms. The Morgan fingerprint density at radius 2 is 1.81 bits per heavy atom. The van der Waals surface area contributed by atoms with Gasteiger partial charge in [-0.15, -0.1) is 0 Å². The lowest BCUT2D eigenvalue weighted by Gasteiger charge is -2.37. The molecule has 3 unspecified atom stereocenters. The second-order valence-corrected chi connectivity index (χ2v) is 7.94. The third kappa shape index (κ3) is 5.90. The summed E-state index contributed by atoms with van der Waals surface area (Å²) in [5.74, 6) is 3.31. The highest BCUT2D eigenvalue weighted by molar-refractivity contribution is 4.81. The Bertz CT molecular complexity index is 273. The molecular weight excluding hydrogens is 258 g/mol. The normalized spacial score (nSPS) is 31.7. The van der Waals surface area contributed by atoms with Crippen molar-refractivity contribution in [2.45, 2.75) is 78.2 Å². The zero-order valence-corrected chi connectivity index (χ0v) is 14.6. The number of hydrogen-bond acceptors (Lipinski definition) is 2. The van der Waals surface area contributed by atoms with Gasteiger partial charge >= 0.3 is 0 Å². The van der Waals surface area contributed by atoms with E-state index in [1.165, 1.54) is 57.9 Å². The summed E-state index contributed by atoms with van der Waals surface area (Å²) >= 11 is 0. The molecule has 3 atom stereocenters. The largest absolute Gasteiger partial charge is 0.377 e. The molecule has 0 spiro atoms. The van der Waals surface area contributed by atoms with E-state index in [-0.39, 0.29) is 0 Å². The minimum atomic E-state index is 0.505. The molecule has 1 N–H and O–H groups in total. The first-order valence-electron chi connectivity index (χ1n) is 9.49. The highest BCUT2D eigenvalue weighted by atomic mass is 16.5. The maximum absolute atomic E-state index is 6.25. The van der Waals surface area contributed by atoms with Crippen LogP contribution in [0, 0.1) is 23.7 Å². The summed E-state index contributed by atoms with van der Waals surface area (Å²) in [7, 11) is 0. The van der Waals surface area contributed by atoms with E-state index in [1.807, 2.05) is 0 Å². The van der Waals surface area contributed by atoms with Gasteiger partial charge in [-0.05, 0) is 55.9 Å². The Hall–Kier alpha value is -0.0800. The van der Waals surface area contributed by atoms with E-state index in [0.717, 1.165) is 36.8 Å². The average Bonchev–Trinajstić information content (AvgIpc) is 2.48. The minimum Gasteiger partial charge on any atom is -0.377 e. The first-order valence-corrected chi connectivity index (χ1v) is 9.49. The number of hydrogen-bond donors (Lipinski definition) is 1. The molecule has 0 radical (unpaired) electrons. The first kappa shape index (κ1) is 17.3. The maximum atomic E-state index is 6.25. The molecule has 2 saturated carbocycles. The fraction of sp³-hybridized carbons (Fsp3) is 1.00. The molecular formula is C19H37NO. The summed E-state index contributed by atoms with van der Waals surface area (Å²) in [5, 5.41) is 3.62. The monoisotopic (exact) mass is 295 g/mol. The molecule has 0 amide bonds. The number of ether oxygens (including phenoxy) is 1. The van der Waals surface area contributed by atoms with Crippen LogP contribution >= 0.6 is 0 Å². The van der Waals surface area contributed by atoms with Crippen molar-refractivity contribution < 1.29 is 4.74 Å². The third-order valence-corrected chi connectivity index (χ3v) is 5.73. The van der Waals surface area contributed by atoms with Gasteiger partial charge in [0.25, 0.3) is 0 Å². The Morgan fingerprint density at radius 3 is 2.52 bits per heavy atom. The zero-order chi connectivity index (χ0) is 15.1. The molecule has 0 aromatic rings. The highest BCUT2D eigenvalue weighted by Crippen LogP contribution is 2.35. The Balaban J connectivity index is 1.59. The minimum absolute atomic E-state index is 0.505. The van der Waals surface area contributed by atoms with E-state index in [9.17, 15) is 0 Å². The second-order valence-electron chi connectivity index (χ2n) is 7.94. The Kier molecular flexibility index (Phi) is 7.53. The molecule has 124 valence electrons. The molecule has 0 aliphatic heterocycles. The standard InChI is InChI=1S/C19H37NO/c1-15(2)18-10-9-16(3)13-19(18)21-12-11-20-14-17-7-5-4-6-8-17/h15-20H,4-14H2,1-3H3. The molecule has 0 heterocycles. The number of rotatable bonds is 7. The molecule has 0 saturated heterocycles. The van der Waals surface area contributed by atoms with Crippen molar-refractivity contribution in [1.82, 2.24) is 5.32 Å². The van der Waals surface area contributed by atoms with E-state index in [1.54, 1.807) is 0 Å². The third-order valence-electron chi connectivity index (χ3n) is 5.73. The van der Waals surface area contributed by atoms with Crippen LogP contribution in [0.5, 0.6) is 0 Å². The molecule has 2 nitrogen and oxygen atoms in total. The summed E-state index contributed by atoms with van der Waals surface area (Å²) in [6, 6.07) is 0. The van der Waals surface area contributed by atoms with Crippen LogP contribution in [0.3, 0.4) is 0 Å². The van der Waals surface area contributed by atoms with E-state index in [4.69, 9.17) is 4.74 Å². The quantitative estimate of drug-likeness (QED) is 0.691. The van der Waals surface area contributed by atoms with Gasteiger partial charge in [0.2, 0.25) is 0 Å². The lowest BCUT2D eigenvalue weighted by molar-refractivity contribution is -0.0368. The molecule has 0 aromatic carbocycles. The van der Waals surface area contributed by atoms with Crippen molar-refractivity contribution in [3.05, 3.63) is 0 Å². The lowest BCUT2D eigenvalue weighted by atomic mass is 9.75. The molecule has 0 aromatic heterocycles. The van der Waals surface area contributed by atoms with Crippen LogP contribution in [0.1, 0.15) is 72.1 Å². The van der Waals surface area contributed by atoms with Gasteiger partial charge < -0.3 is 10.1 Å². The van der Waals surface area contributed by atoms with Crippen LogP contribution in [0.15, 0.2) is 0 Å². The van der Waals surface area contributed by atoms with Gasteiger partial charge in [0.1, 0.15) is 0 Å². The van der Waals surface area contributed by atoms with Gasteiger partial charge in [0, 0.05) is 6.54 Å². The molecule has 2 aliphatic carbocycles. The first-order chi connectivity index (χ1) is 10.2. The van der Waals surface area contributed by atoms with E-state index in [0.29, 0.717) is 6.10 Å². The van der Waals surface area contributed by atoms with Gasteiger partial charge in [-0.2, -0.15) is 0 Å². The summed E-state index contributed by atoms with van der Waals surface area (Å²) in [4.78, 5) is 0. The van der Waals surface area contributed by atoms with E-state index < -0.39 is 0 Å². The summed E-state index contributed by atoms with van der Waals surface area (Å²) < 4.78 is 6.25. The number of nitrogens with one attached hydrogen (secondary N) is 1. The molecule has 2 fully saturated rings. The van der Waals surface area contributed by atoms with Gasteiger partial charge in [0.15, 0.2) is 0 Å². The van der Waals surface area contributed by atoms with Crippen LogP contribution in [0.2, 0.25) is 0 Å². The fourth-order valence-electron chi connectivity index (χ4n) is 4.29. The SMILES string of the molecule is CC1CCC(C(C)C)C(OCCNCC2CCCCC2)C1. The maximum Gasteiger partial charge on any atom is 0.0608 e. The van der Waals surface area contributed by atoms with Crippen LogP contribution in [-0.4, -0.2) is 25.8 Å². The summed E-state index contributed by atoms with van der Waals surface area (Å²) in [6.07, 6.45) is 11.7. The summed E-state index contributed by atoms with van der Waals surface area (Å²) in [6.45, 7) is 10.2. The molecule has 2 heteroatoms. The smallest absolute Gasteiger partial charge is 0.0608 e.